The van der Waals surface area contributed by atoms with E-state index in [0.717, 1.165) is 25.9 Å². The van der Waals surface area contributed by atoms with E-state index in [9.17, 15) is 9.59 Å². The molecule has 5 nitrogen and oxygen atoms in total. The molecule has 0 aromatic rings. The molecule has 2 unspecified atom stereocenters. The minimum atomic E-state index is -0.827. The predicted molar refractivity (Wildman–Crippen MR) is 71.8 cm³/mol. The molecule has 19 heavy (non-hydrogen) atoms. The summed E-state index contributed by atoms with van der Waals surface area (Å²) in [4.78, 5) is 24.8. The smallest absolute Gasteiger partial charge is 0.317 e. The molecule has 2 atom stereocenters. The Bertz CT molecular complexity index is 403. The van der Waals surface area contributed by atoms with Gasteiger partial charge in [-0.1, -0.05) is 26.0 Å². The van der Waals surface area contributed by atoms with Gasteiger partial charge in [-0.25, -0.2) is 4.79 Å². The normalized spacial score (nSPS) is 29.3. The van der Waals surface area contributed by atoms with Crippen molar-refractivity contribution in [1.29, 1.82) is 0 Å². The summed E-state index contributed by atoms with van der Waals surface area (Å²) in [6.07, 6.45) is 6.07. The number of carbonyl (C=O) groups is 2. The van der Waals surface area contributed by atoms with Crippen molar-refractivity contribution in [3.63, 3.8) is 0 Å². The van der Waals surface area contributed by atoms with Gasteiger partial charge in [0.2, 0.25) is 0 Å². The highest BCUT2D eigenvalue weighted by molar-refractivity contribution is 5.76. The molecule has 2 amide bonds. The first-order valence-electron chi connectivity index (χ1n) is 6.84. The monoisotopic (exact) mass is 266 g/mol. The molecule has 1 aliphatic heterocycles. The summed E-state index contributed by atoms with van der Waals surface area (Å²) in [5.41, 5.74) is 0.171. The van der Waals surface area contributed by atoms with Crippen LogP contribution in [0.5, 0.6) is 0 Å². The van der Waals surface area contributed by atoms with Gasteiger partial charge >= 0.3 is 12.0 Å². The first kappa shape index (κ1) is 13.9. The molecule has 106 valence electrons. The zero-order valence-corrected chi connectivity index (χ0v) is 11.6. The number of amides is 2. The van der Waals surface area contributed by atoms with Crippen LogP contribution >= 0.6 is 0 Å². The molecule has 2 rings (SSSR count). The molecule has 2 N–H and O–H groups in total. The van der Waals surface area contributed by atoms with E-state index in [1.807, 2.05) is 4.90 Å². The summed E-state index contributed by atoms with van der Waals surface area (Å²) in [5, 5.41) is 11.8. The summed E-state index contributed by atoms with van der Waals surface area (Å²) in [5.74, 6) is -1.30. The van der Waals surface area contributed by atoms with Crippen molar-refractivity contribution < 1.29 is 14.7 Å². The molecule has 2 aliphatic rings. The lowest BCUT2D eigenvalue weighted by Crippen LogP contribution is -2.50. The zero-order valence-electron chi connectivity index (χ0n) is 11.6. The van der Waals surface area contributed by atoms with E-state index in [0.29, 0.717) is 6.42 Å². The van der Waals surface area contributed by atoms with Crippen molar-refractivity contribution in [2.45, 2.75) is 39.2 Å². The molecular weight excluding hydrogens is 244 g/mol. The summed E-state index contributed by atoms with van der Waals surface area (Å²) < 4.78 is 0. The standard InChI is InChI=1S/C14H22N2O3/c1-14(2)6-3-7-16(9-14)13(19)15-11-5-4-10(8-11)12(17)18/h4-5,10-11H,3,6-9H2,1-2H3,(H,15,19)(H,17,18). The van der Waals surface area contributed by atoms with Crippen LogP contribution < -0.4 is 5.32 Å². The minimum Gasteiger partial charge on any atom is -0.481 e. The maximum atomic E-state index is 12.2. The van der Waals surface area contributed by atoms with Crippen LogP contribution in [0.1, 0.15) is 33.1 Å². The molecule has 1 fully saturated rings. The molecule has 0 bridgehead atoms. The maximum Gasteiger partial charge on any atom is 0.317 e. The van der Waals surface area contributed by atoms with E-state index >= 15 is 0 Å². The fourth-order valence-electron chi connectivity index (χ4n) is 2.84. The third-order valence-electron chi connectivity index (χ3n) is 3.90. The third kappa shape index (κ3) is 3.49. The second kappa shape index (κ2) is 5.23. The number of carboxylic acids is 1. The van der Waals surface area contributed by atoms with E-state index in [1.165, 1.54) is 0 Å². The number of nitrogens with one attached hydrogen (secondary N) is 1. The molecule has 1 saturated heterocycles. The van der Waals surface area contributed by atoms with Crippen molar-refractivity contribution in [2.75, 3.05) is 13.1 Å². The summed E-state index contributed by atoms with van der Waals surface area (Å²) >= 11 is 0. The van der Waals surface area contributed by atoms with Gasteiger partial charge in [0.25, 0.3) is 0 Å². The molecule has 0 spiro atoms. The largest absolute Gasteiger partial charge is 0.481 e. The molecule has 0 aromatic heterocycles. The number of aliphatic carboxylic acids is 1. The first-order chi connectivity index (χ1) is 8.87. The highest BCUT2D eigenvalue weighted by Crippen LogP contribution is 2.28. The Morgan fingerprint density at radius 2 is 2.11 bits per heavy atom. The average Bonchev–Trinajstić information content (AvgIpc) is 2.76. The van der Waals surface area contributed by atoms with Crippen LogP contribution in [0.15, 0.2) is 12.2 Å². The molecular formula is C14H22N2O3. The van der Waals surface area contributed by atoms with E-state index in [-0.39, 0.29) is 17.5 Å². The van der Waals surface area contributed by atoms with Gasteiger partial charge in [-0.2, -0.15) is 0 Å². The van der Waals surface area contributed by atoms with Crippen LogP contribution in [-0.2, 0) is 4.79 Å². The van der Waals surface area contributed by atoms with E-state index in [2.05, 4.69) is 19.2 Å². The molecule has 0 radical (unpaired) electrons. The van der Waals surface area contributed by atoms with Gasteiger partial charge in [-0.05, 0) is 24.7 Å². The highest BCUT2D eigenvalue weighted by Gasteiger charge is 2.31. The van der Waals surface area contributed by atoms with Crippen molar-refractivity contribution in [1.82, 2.24) is 10.2 Å². The van der Waals surface area contributed by atoms with E-state index in [4.69, 9.17) is 5.11 Å². The van der Waals surface area contributed by atoms with Gasteiger partial charge in [-0.15, -0.1) is 0 Å². The number of hydrogen-bond donors (Lipinski definition) is 2. The van der Waals surface area contributed by atoms with Gasteiger partial charge in [0.15, 0.2) is 0 Å². The van der Waals surface area contributed by atoms with Crippen molar-refractivity contribution in [3.8, 4) is 0 Å². The summed E-state index contributed by atoms with van der Waals surface area (Å²) in [6.45, 7) is 5.89. The lowest BCUT2D eigenvalue weighted by atomic mass is 9.84. The topological polar surface area (TPSA) is 69.6 Å². The Labute approximate surface area is 113 Å². The van der Waals surface area contributed by atoms with Crippen molar-refractivity contribution in [3.05, 3.63) is 12.2 Å². The lowest BCUT2D eigenvalue weighted by Gasteiger charge is -2.38. The number of hydrogen-bond acceptors (Lipinski definition) is 2. The lowest BCUT2D eigenvalue weighted by molar-refractivity contribution is -0.140. The summed E-state index contributed by atoms with van der Waals surface area (Å²) in [6, 6.07) is -0.230. The fraction of sp³-hybridized carbons (Fsp3) is 0.714. The second-order valence-electron chi connectivity index (χ2n) is 6.31. The van der Waals surface area contributed by atoms with Gasteiger partial charge in [-0.3, -0.25) is 4.79 Å². The second-order valence-corrected chi connectivity index (χ2v) is 6.31. The van der Waals surface area contributed by atoms with Gasteiger partial charge in [0.05, 0.1) is 12.0 Å². The van der Waals surface area contributed by atoms with Crippen LogP contribution in [0.25, 0.3) is 0 Å². The third-order valence-corrected chi connectivity index (χ3v) is 3.90. The van der Waals surface area contributed by atoms with E-state index < -0.39 is 11.9 Å². The first-order valence-corrected chi connectivity index (χ1v) is 6.84. The van der Waals surface area contributed by atoms with Crippen LogP contribution in [0.2, 0.25) is 0 Å². The number of urea groups is 1. The van der Waals surface area contributed by atoms with Crippen LogP contribution in [-0.4, -0.2) is 41.1 Å². The maximum absolute atomic E-state index is 12.2. The molecule has 0 saturated carbocycles. The highest BCUT2D eigenvalue weighted by atomic mass is 16.4. The summed E-state index contributed by atoms with van der Waals surface area (Å²) in [7, 11) is 0. The fourth-order valence-corrected chi connectivity index (χ4v) is 2.84. The average molecular weight is 266 g/mol. The Morgan fingerprint density at radius 3 is 2.68 bits per heavy atom. The van der Waals surface area contributed by atoms with Gasteiger partial charge in [0, 0.05) is 13.1 Å². The number of piperidine rings is 1. The number of likely N-dealkylation sites (tertiary alicyclic amines) is 1. The molecule has 1 aliphatic carbocycles. The number of rotatable bonds is 2. The SMILES string of the molecule is CC1(C)CCCN(C(=O)NC2C=CC(C(=O)O)C2)C1. The van der Waals surface area contributed by atoms with Crippen LogP contribution in [0, 0.1) is 11.3 Å². The van der Waals surface area contributed by atoms with E-state index in [1.54, 1.807) is 12.2 Å². The molecule has 0 aromatic carbocycles. The van der Waals surface area contributed by atoms with Crippen LogP contribution in [0.3, 0.4) is 0 Å². The number of carboxylic acid groups (broad SMARTS) is 1. The number of nitrogens with zero attached hydrogens (tertiary/aromatic N) is 1. The number of carbonyl (C=O) groups excluding carboxylic acids is 1. The van der Waals surface area contributed by atoms with Gasteiger partial charge < -0.3 is 15.3 Å². The Balaban J connectivity index is 1.85. The Kier molecular flexibility index (Phi) is 3.83. The van der Waals surface area contributed by atoms with Crippen LogP contribution in [0.4, 0.5) is 4.79 Å². The Hall–Kier alpha value is -1.52. The predicted octanol–water partition coefficient (Wildman–Crippen LogP) is 1.85. The minimum absolute atomic E-state index is 0.0755. The van der Waals surface area contributed by atoms with Gasteiger partial charge in [0.1, 0.15) is 0 Å². The molecule has 5 heteroatoms. The quantitative estimate of drug-likeness (QED) is 0.749. The van der Waals surface area contributed by atoms with Crippen molar-refractivity contribution in [2.24, 2.45) is 11.3 Å². The van der Waals surface area contributed by atoms with Crippen molar-refractivity contribution >= 4 is 12.0 Å². The Morgan fingerprint density at radius 1 is 1.37 bits per heavy atom. The zero-order chi connectivity index (χ0) is 14.0. The molecule has 1 heterocycles.